The van der Waals surface area contributed by atoms with Crippen LogP contribution >= 0.6 is 11.6 Å². The van der Waals surface area contributed by atoms with Gasteiger partial charge in [0, 0.05) is 11.4 Å². The molecule has 2 aromatic rings. The number of rotatable bonds is 5. The van der Waals surface area contributed by atoms with Gasteiger partial charge in [0.15, 0.2) is 6.10 Å². The second-order valence-corrected chi connectivity index (χ2v) is 5.39. The molecular formula is C17H17ClO3. The largest absolute Gasteiger partial charge is 0.478 e. The average Bonchev–Trinajstić information content (AvgIpc) is 2.45. The van der Waals surface area contributed by atoms with Gasteiger partial charge in [0.25, 0.3) is 0 Å². The number of aliphatic carboxylic acids is 1. The van der Waals surface area contributed by atoms with Gasteiger partial charge in [-0.25, -0.2) is 4.79 Å². The van der Waals surface area contributed by atoms with Gasteiger partial charge in [-0.3, -0.25) is 0 Å². The maximum absolute atomic E-state index is 11.4. The maximum atomic E-state index is 11.4. The van der Waals surface area contributed by atoms with Crippen LogP contribution in [0.15, 0.2) is 42.5 Å². The van der Waals surface area contributed by atoms with Crippen molar-refractivity contribution < 1.29 is 14.6 Å². The van der Waals surface area contributed by atoms with Gasteiger partial charge >= 0.3 is 5.97 Å². The molecule has 110 valence electrons. The van der Waals surface area contributed by atoms with Crippen molar-refractivity contribution in [2.24, 2.45) is 0 Å². The number of ether oxygens (including phenoxy) is 1. The van der Waals surface area contributed by atoms with Crippen molar-refractivity contribution >= 4 is 17.6 Å². The first-order valence-electron chi connectivity index (χ1n) is 6.67. The van der Waals surface area contributed by atoms with Crippen LogP contribution in [0, 0.1) is 13.8 Å². The third kappa shape index (κ3) is 3.99. The quantitative estimate of drug-likeness (QED) is 0.907. The lowest BCUT2D eigenvalue weighted by molar-refractivity contribution is -0.145. The fraction of sp³-hybridized carbons (Fsp3) is 0.235. The van der Waals surface area contributed by atoms with Crippen molar-refractivity contribution in [1.29, 1.82) is 0 Å². The van der Waals surface area contributed by atoms with Crippen molar-refractivity contribution in [1.82, 2.24) is 0 Å². The molecule has 0 fully saturated rings. The summed E-state index contributed by atoms with van der Waals surface area (Å²) in [5.74, 6) is -0.442. The van der Waals surface area contributed by atoms with Gasteiger partial charge in [-0.2, -0.15) is 0 Å². The third-order valence-corrected chi connectivity index (χ3v) is 3.77. The van der Waals surface area contributed by atoms with Crippen molar-refractivity contribution in [2.75, 3.05) is 0 Å². The molecule has 2 aromatic carbocycles. The summed E-state index contributed by atoms with van der Waals surface area (Å²) in [7, 11) is 0. The molecule has 0 unspecified atom stereocenters. The smallest absolute Gasteiger partial charge is 0.345 e. The highest BCUT2D eigenvalue weighted by Crippen LogP contribution is 2.22. The highest BCUT2D eigenvalue weighted by atomic mass is 35.5. The first-order chi connectivity index (χ1) is 9.97. The van der Waals surface area contributed by atoms with E-state index in [0.717, 1.165) is 16.7 Å². The highest BCUT2D eigenvalue weighted by molar-refractivity contribution is 6.31. The molecule has 21 heavy (non-hydrogen) atoms. The van der Waals surface area contributed by atoms with Crippen molar-refractivity contribution in [3.63, 3.8) is 0 Å². The van der Waals surface area contributed by atoms with Gasteiger partial charge in [0.05, 0.1) is 0 Å². The van der Waals surface area contributed by atoms with Crippen molar-refractivity contribution in [3.05, 3.63) is 64.2 Å². The van der Waals surface area contributed by atoms with E-state index in [0.29, 0.717) is 10.8 Å². The number of hydrogen-bond acceptors (Lipinski definition) is 2. The van der Waals surface area contributed by atoms with Crippen LogP contribution in [0.1, 0.15) is 16.7 Å². The first kappa shape index (κ1) is 15.4. The van der Waals surface area contributed by atoms with Crippen LogP contribution < -0.4 is 4.74 Å². The normalized spacial score (nSPS) is 12.0. The summed E-state index contributed by atoms with van der Waals surface area (Å²) < 4.78 is 5.59. The van der Waals surface area contributed by atoms with E-state index in [9.17, 15) is 9.90 Å². The summed E-state index contributed by atoms with van der Waals surface area (Å²) in [6.07, 6.45) is -0.667. The molecule has 1 N–H and O–H groups in total. The SMILES string of the molecule is Cc1ccc(O[C@H](Cc2cccc(Cl)c2C)C(=O)O)cc1. The molecule has 3 nitrogen and oxygen atoms in total. The molecule has 0 heterocycles. The Morgan fingerprint density at radius 1 is 1.19 bits per heavy atom. The zero-order chi connectivity index (χ0) is 15.4. The van der Waals surface area contributed by atoms with E-state index in [1.165, 1.54) is 0 Å². The molecule has 0 radical (unpaired) electrons. The molecule has 2 rings (SSSR count). The van der Waals surface area contributed by atoms with Crippen molar-refractivity contribution in [2.45, 2.75) is 26.4 Å². The lowest BCUT2D eigenvalue weighted by Crippen LogP contribution is -2.29. The van der Waals surface area contributed by atoms with Gasteiger partial charge in [-0.15, -0.1) is 0 Å². The summed E-state index contributed by atoms with van der Waals surface area (Å²) >= 11 is 6.07. The zero-order valence-corrected chi connectivity index (χ0v) is 12.7. The number of carboxylic acid groups (broad SMARTS) is 1. The van der Waals surface area contributed by atoms with Crippen LogP contribution in [0.5, 0.6) is 5.75 Å². The van der Waals surface area contributed by atoms with Crippen LogP contribution in [0.4, 0.5) is 0 Å². The van der Waals surface area contributed by atoms with E-state index in [2.05, 4.69) is 0 Å². The van der Waals surface area contributed by atoms with E-state index in [1.807, 2.05) is 38.1 Å². The predicted octanol–water partition coefficient (Wildman–Crippen LogP) is 4.03. The van der Waals surface area contributed by atoms with Gasteiger partial charge < -0.3 is 9.84 Å². The first-order valence-corrected chi connectivity index (χ1v) is 7.05. The third-order valence-electron chi connectivity index (χ3n) is 3.36. The Kier molecular flexibility index (Phi) is 4.86. The lowest BCUT2D eigenvalue weighted by atomic mass is 10.0. The monoisotopic (exact) mass is 304 g/mol. The molecule has 0 aromatic heterocycles. The summed E-state index contributed by atoms with van der Waals surface area (Å²) in [6, 6.07) is 12.8. The number of benzene rings is 2. The van der Waals surface area contributed by atoms with Gasteiger partial charge in [-0.1, -0.05) is 41.4 Å². The minimum atomic E-state index is -0.991. The number of aryl methyl sites for hydroxylation is 1. The van der Waals surface area contributed by atoms with Crippen molar-refractivity contribution in [3.8, 4) is 5.75 Å². The number of carbonyl (C=O) groups is 1. The number of halogens is 1. The summed E-state index contributed by atoms with van der Waals surface area (Å²) in [4.78, 5) is 11.4. The highest BCUT2D eigenvalue weighted by Gasteiger charge is 2.21. The minimum Gasteiger partial charge on any atom is -0.478 e. The molecule has 4 heteroatoms. The molecule has 0 aliphatic heterocycles. The Morgan fingerprint density at radius 3 is 2.48 bits per heavy atom. The second-order valence-electron chi connectivity index (χ2n) is 4.99. The Labute approximate surface area is 129 Å². The molecule has 1 atom stereocenters. The minimum absolute atomic E-state index is 0.273. The molecule has 0 saturated heterocycles. The molecule has 0 aliphatic carbocycles. The lowest BCUT2D eigenvalue weighted by Gasteiger charge is -2.17. The van der Waals surface area contributed by atoms with Crippen LogP contribution in [0.3, 0.4) is 0 Å². The van der Waals surface area contributed by atoms with Crippen LogP contribution in [0.2, 0.25) is 5.02 Å². The zero-order valence-electron chi connectivity index (χ0n) is 12.0. The Morgan fingerprint density at radius 2 is 1.86 bits per heavy atom. The topological polar surface area (TPSA) is 46.5 Å². The molecule has 0 spiro atoms. The van der Waals surface area contributed by atoms with Crippen LogP contribution in [0.25, 0.3) is 0 Å². The maximum Gasteiger partial charge on any atom is 0.345 e. The molecular weight excluding hydrogens is 288 g/mol. The van der Waals surface area contributed by atoms with Gasteiger partial charge in [0.2, 0.25) is 0 Å². The molecule has 0 bridgehead atoms. The Balaban J connectivity index is 2.18. The summed E-state index contributed by atoms with van der Waals surface area (Å²) in [5.41, 5.74) is 2.86. The Hall–Kier alpha value is -2.00. The molecule has 0 amide bonds. The standard InChI is InChI=1S/C17H17ClO3/c1-11-6-8-14(9-7-11)21-16(17(19)20)10-13-4-3-5-15(18)12(13)2/h3-9,16H,10H2,1-2H3,(H,19,20)/t16-/m1/s1. The van der Waals surface area contributed by atoms with Crippen LogP contribution in [-0.2, 0) is 11.2 Å². The number of hydrogen-bond donors (Lipinski definition) is 1. The van der Waals surface area contributed by atoms with E-state index < -0.39 is 12.1 Å². The van der Waals surface area contributed by atoms with Gasteiger partial charge in [0.1, 0.15) is 5.75 Å². The van der Waals surface area contributed by atoms with E-state index in [1.54, 1.807) is 18.2 Å². The van der Waals surface area contributed by atoms with E-state index in [4.69, 9.17) is 16.3 Å². The van der Waals surface area contributed by atoms with Gasteiger partial charge in [-0.05, 0) is 43.2 Å². The van der Waals surface area contributed by atoms with E-state index in [-0.39, 0.29) is 6.42 Å². The predicted molar refractivity (Wildman–Crippen MR) is 83.1 cm³/mol. The Bertz CT molecular complexity index is 635. The second kappa shape index (κ2) is 6.64. The summed E-state index contributed by atoms with van der Waals surface area (Å²) in [5, 5.41) is 9.98. The average molecular weight is 305 g/mol. The van der Waals surface area contributed by atoms with Crippen LogP contribution in [-0.4, -0.2) is 17.2 Å². The molecule has 0 aliphatic rings. The fourth-order valence-corrected chi connectivity index (χ4v) is 2.23. The summed E-state index contributed by atoms with van der Waals surface area (Å²) in [6.45, 7) is 3.84. The fourth-order valence-electron chi connectivity index (χ4n) is 2.03. The van der Waals surface area contributed by atoms with E-state index >= 15 is 0 Å². The number of carboxylic acids is 1. The molecule has 0 saturated carbocycles.